The lowest BCUT2D eigenvalue weighted by molar-refractivity contribution is 0.129. The van der Waals surface area contributed by atoms with E-state index < -0.39 is 0 Å². The van der Waals surface area contributed by atoms with Crippen LogP contribution < -0.4 is 9.47 Å². The van der Waals surface area contributed by atoms with Crippen LogP contribution in [0.25, 0.3) is 0 Å². The van der Waals surface area contributed by atoms with E-state index in [-0.39, 0.29) is 6.10 Å². The molecular weight excluding hydrogens is 226 g/mol. The minimum atomic E-state index is 0.271. The standard InChI is InChI=1S/C15H19NO2/c1-11-4-3-5-13(6-11)18-15-8-12(10-16)7-14(9-15)17-2/h7-9,11,13H,3-6H2,1-2H3. The molecule has 0 bridgehead atoms. The normalized spacial score (nSPS) is 23.2. The number of methoxy groups -OCH3 is 1. The van der Waals surface area contributed by atoms with Crippen LogP contribution in [0, 0.1) is 17.2 Å². The molecule has 0 aliphatic heterocycles. The Bertz CT molecular complexity index is 450. The van der Waals surface area contributed by atoms with Gasteiger partial charge in [0.1, 0.15) is 11.5 Å². The predicted octanol–water partition coefficient (Wildman–Crippen LogP) is 3.52. The molecule has 0 N–H and O–H groups in total. The third-order valence-corrected chi connectivity index (χ3v) is 3.44. The monoisotopic (exact) mass is 245 g/mol. The van der Waals surface area contributed by atoms with Crippen LogP contribution >= 0.6 is 0 Å². The molecule has 2 unspecified atom stereocenters. The first-order valence-corrected chi connectivity index (χ1v) is 6.47. The summed E-state index contributed by atoms with van der Waals surface area (Å²) in [6, 6.07) is 7.47. The Labute approximate surface area is 108 Å². The lowest BCUT2D eigenvalue weighted by Gasteiger charge is -2.27. The van der Waals surface area contributed by atoms with E-state index in [1.807, 2.05) is 6.07 Å². The first-order chi connectivity index (χ1) is 8.71. The molecule has 0 saturated heterocycles. The van der Waals surface area contributed by atoms with Crippen molar-refractivity contribution in [3.05, 3.63) is 23.8 Å². The van der Waals surface area contributed by atoms with E-state index in [0.717, 1.165) is 24.5 Å². The van der Waals surface area contributed by atoms with Crippen LogP contribution in [0.1, 0.15) is 38.2 Å². The average molecular weight is 245 g/mol. The van der Waals surface area contributed by atoms with Crippen LogP contribution in [0.5, 0.6) is 11.5 Å². The topological polar surface area (TPSA) is 42.2 Å². The van der Waals surface area contributed by atoms with E-state index in [1.165, 1.54) is 12.8 Å². The van der Waals surface area contributed by atoms with Gasteiger partial charge in [0.15, 0.2) is 0 Å². The van der Waals surface area contributed by atoms with E-state index in [2.05, 4.69) is 13.0 Å². The number of hydrogen-bond acceptors (Lipinski definition) is 3. The molecule has 1 fully saturated rings. The highest BCUT2D eigenvalue weighted by Crippen LogP contribution is 2.29. The van der Waals surface area contributed by atoms with Gasteiger partial charge in [0.05, 0.1) is 24.8 Å². The summed E-state index contributed by atoms with van der Waals surface area (Å²) >= 11 is 0. The van der Waals surface area contributed by atoms with Gasteiger partial charge in [-0.2, -0.15) is 5.26 Å². The second-order valence-corrected chi connectivity index (χ2v) is 5.02. The zero-order valence-corrected chi connectivity index (χ0v) is 11.0. The number of nitriles is 1. The summed E-state index contributed by atoms with van der Waals surface area (Å²) < 4.78 is 11.2. The average Bonchev–Trinajstić information content (AvgIpc) is 2.38. The van der Waals surface area contributed by atoms with Crippen molar-refractivity contribution in [3.8, 4) is 17.6 Å². The highest BCUT2D eigenvalue weighted by atomic mass is 16.5. The zero-order valence-electron chi connectivity index (χ0n) is 11.0. The van der Waals surface area contributed by atoms with Crippen LogP contribution in [-0.4, -0.2) is 13.2 Å². The lowest BCUT2D eigenvalue weighted by atomic mass is 9.89. The van der Waals surface area contributed by atoms with E-state index in [0.29, 0.717) is 11.3 Å². The van der Waals surface area contributed by atoms with Gasteiger partial charge in [0, 0.05) is 6.07 Å². The SMILES string of the molecule is COc1cc(C#N)cc(OC2CCCC(C)C2)c1. The van der Waals surface area contributed by atoms with Crippen molar-refractivity contribution < 1.29 is 9.47 Å². The molecule has 2 atom stereocenters. The third-order valence-electron chi connectivity index (χ3n) is 3.44. The Morgan fingerprint density at radius 3 is 2.67 bits per heavy atom. The van der Waals surface area contributed by atoms with E-state index in [1.54, 1.807) is 19.2 Å². The van der Waals surface area contributed by atoms with Gasteiger partial charge in [-0.05, 0) is 37.3 Å². The Morgan fingerprint density at radius 1 is 1.22 bits per heavy atom. The van der Waals surface area contributed by atoms with Gasteiger partial charge in [-0.1, -0.05) is 13.3 Å². The molecule has 0 radical (unpaired) electrons. The van der Waals surface area contributed by atoms with Gasteiger partial charge in [0.25, 0.3) is 0 Å². The minimum absolute atomic E-state index is 0.271. The molecule has 3 heteroatoms. The molecule has 3 nitrogen and oxygen atoms in total. The Kier molecular flexibility index (Phi) is 4.09. The molecule has 0 aromatic heterocycles. The number of nitrogens with zero attached hydrogens (tertiary/aromatic N) is 1. The molecule has 1 aromatic carbocycles. The Balaban J connectivity index is 2.10. The van der Waals surface area contributed by atoms with Crippen molar-refractivity contribution >= 4 is 0 Å². The summed E-state index contributed by atoms with van der Waals surface area (Å²) in [7, 11) is 1.60. The smallest absolute Gasteiger partial charge is 0.124 e. The molecule has 1 aliphatic carbocycles. The maximum absolute atomic E-state index is 8.97. The van der Waals surface area contributed by atoms with Crippen molar-refractivity contribution in [2.45, 2.75) is 38.7 Å². The molecular formula is C15H19NO2. The van der Waals surface area contributed by atoms with Crippen LogP contribution in [0.15, 0.2) is 18.2 Å². The number of benzene rings is 1. The minimum Gasteiger partial charge on any atom is -0.497 e. The van der Waals surface area contributed by atoms with Crippen molar-refractivity contribution in [1.82, 2.24) is 0 Å². The molecule has 1 aliphatic rings. The fourth-order valence-electron chi connectivity index (χ4n) is 2.50. The Morgan fingerprint density at radius 2 is 2.00 bits per heavy atom. The van der Waals surface area contributed by atoms with E-state index >= 15 is 0 Å². The third kappa shape index (κ3) is 3.16. The maximum atomic E-state index is 8.97. The van der Waals surface area contributed by atoms with E-state index in [4.69, 9.17) is 14.7 Å². The first kappa shape index (κ1) is 12.8. The van der Waals surface area contributed by atoms with Crippen molar-refractivity contribution in [3.63, 3.8) is 0 Å². The van der Waals surface area contributed by atoms with Crippen molar-refractivity contribution in [2.75, 3.05) is 7.11 Å². The molecule has 0 amide bonds. The summed E-state index contributed by atoms with van der Waals surface area (Å²) in [5.41, 5.74) is 0.577. The lowest BCUT2D eigenvalue weighted by Crippen LogP contribution is -2.24. The van der Waals surface area contributed by atoms with Gasteiger partial charge in [0.2, 0.25) is 0 Å². The second kappa shape index (κ2) is 5.77. The molecule has 0 spiro atoms. The van der Waals surface area contributed by atoms with E-state index in [9.17, 15) is 0 Å². The Hall–Kier alpha value is -1.69. The molecule has 2 rings (SSSR count). The molecule has 0 heterocycles. The number of hydrogen-bond donors (Lipinski definition) is 0. The van der Waals surface area contributed by atoms with Crippen LogP contribution in [0.3, 0.4) is 0 Å². The van der Waals surface area contributed by atoms with Gasteiger partial charge in [-0.25, -0.2) is 0 Å². The summed E-state index contributed by atoms with van der Waals surface area (Å²) in [6.45, 7) is 2.27. The molecule has 1 aromatic rings. The summed E-state index contributed by atoms with van der Waals surface area (Å²) in [4.78, 5) is 0. The van der Waals surface area contributed by atoms with Gasteiger partial charge >= 0.3 is 0 Å². The van der Waals surface area contributed by atoms with Gasteiger partial charge in [-0.3, -0.25) is 0 Å². The maximum Gasteiger partial charge on any atom is 0.124 e. The highest BCUT2D eigenvalue weighted by molar-refractivity contribution is 5.43. The largest absolute Gasteiger partial charge is 0.497 e. The summed E-state index contributed by atoms with van der Waals surface area (Å²) in [5.74, 6) is 2.14. The molecule has 18 heavy (non-hydrogen) atoms. The quantitative estimate of drug-likeness (QED) is 0.818. The predicted molar refractivity (Wildman–Crippen MR) is 69.8 cm³/mol. The van der Waals surface area contributed by atoms with Gasteiger partial charge in [-0.15, -0.1) is 0 Å². The van der Waals surface area contributed by atoms with Crippen LogP contribution in [0.2, 0.25) is 0 Å². The molecule has 1 saturated carbocycles. The first-order valence-electron chi connectivity index (χ1n) is 6.47. The fraction of sp³-hybridized carbons (Fsp3) is 0.533. The fourth-order valence-corrected chi connectivity index (χ4v) is 2.50. The second-order valence-electron chi connectivity index (χ2n) is 5.02. The van der Waals surface area contributed by atoms with Crippen LogP contribution in [-0.2, 0) is 0 Å². The summed E-state index contributed by atoms with van der Waals surface area (Å²) in [6.07, 6.45) is 4.98. The zero-order chi connectivity index (χ0) is 13.0. The van der Waals surface area contributed by atoms with Crippen molar-refractivity contribution in [2.24, 2.45) is 5.92 Å². The highest BCUT2D eigenvalue weighted by Gasteiger charge is 2.20. The van der Waals surface area contributed by atoms with Crippen molar-refractivity contribution in [1.29, 1.82) is 5.26 Å². The number of rotatable bonds is 3. The van der Waals surface area contributed by atoms with Crippen LogP contribution in [0.4, 0.5) is 0 Å². The molecule has 96 valence electrons. The van der Waals surface area contributed by atoms with Gasteiger partial charge < -0.3 is 9.47 Å². The number of ether oxygens (including phenoxy) is 2. The summed E-state index contributed by atoms with van der Waals surface area (Å²) in [5, 5.41) is 8.97.